The summed E-state index contributed by atoms with van der Waals surface area (Å²) in [5.74, 6) is -4.93. The normalized spacial score (nSPS) is 26.4. The molecule has 2 atom stereocenters. The first-order valence-corrected chi connectivity index (χ1v) is 4.53. The summed E-state index contributed by atoms with van der Waals surface area (Å²) in [6, 6.07) is -3.59. The molecule has 0 radical (unpaired) electrons. The lowest BCUT2D eigenvalue weighted by Gasteiger charge is -2.22. The molecule has 0 bridgehead atoms. The van der Waals surface area contributed by atoms with Gasteiger partial charge in [-0.2, -0.15) is 0 Å². The maximum absolute atomic E-state index is 11.9. The Morgan fingerprint density at radius 3 is 2.62 bits per heavy atom. The van der Waals surface area contributed by atoms with Crippen molar-refractivity contribution in [1.29, 1.82) is 0 Å². The number of rotatable bonds is 4. The van der Waals surface area contributed by atoms with Gasteiger partial charge < -0.3 is 15.2 Å². The lowest BCUT2D eigenvalue weighted by Crippen LogP contribution is -2.44. The zero-order valence-electron chi connectivity index (χ0n) is 16.7. The largest absolute Gasteiger partial charge is 0.480 e. The maximum Gasteiger partial charge on any atom is 0.408 e. The Bertz CT molecular complexity index is 477. The van der Waals surface area contributed by atoms with Crippen molar-refractivity contribution in [2.45, 2.75) is 52.6 Å². The number of nitrogens with one attached hydrogen (secondary N) is 1. The molecule has 1 unspecified atom stereocenters. The summed E-state index contributed by atoms with van der Waals surface area (Å²) >= 11 is 0. The van der Waals surface area contributed by atoms with Crippen LogP contribution in [0.2, 0.25) is 1.41 Å². The molecule has 0 rings (SSSR count). The number of carbonyl (C=O) groups excluding carboxylic acids is 1. The SMILES string of the molecule is [2H]C([2H])C([2H])(C)C([2H])([2H])[C@@]([2H])(C(=O)O)N([2H])C(=O)OC(C)(C)C. The first-order chi connectivity index (χ1) is 9.93. The van der Waals surface area contributed by atoms with Crippen LogP contribution in [0.15, 0.2) is 0 Å². The van der Waals surface area contributed by atoms with Gasteiger partial charge in [0.05, 0.1) is 1.37 Å². The Morgan fingerprint density at radius 2 is 2.25 bits per heavy atom. The number of carbonyl (C=O) groups is 2. The molecule has 1 amide bonds. The van der Waals surface area contributed by atoms with Crippen LogP contribution in [0.5, 0.6) is 0 Å². The molecule has 0 aliphatic carbocycles. The molecular formula is C11H21NO4. The molecule has 5 nitrogen and oxygen atoms in total. The molecule has 0 aromatic carbocycles. The van der Waals surface area contributed by atoms with Gasteiger partial charge in [0.15, 0.2) is 1.41 Å². The van der Waals surface area contributed by atoms with E-state index in [2.05, 4.69) is 0 Å². The van der Waals surface area contributed by atoms with Crippen LogP contribution >= 0.6 is 0 Å². The van der Waals surface area contributed by atoms with Crippen LogP contribution in [0.25, 0.3) is 0 Å². The van der Waals surface area contributed by atoms with Gasteiger partial charge in [-0.15, -0.1) is 0 Å². The Hall–Kier alpha value is -1.26. The van der Waals surface area contributed by atoms with Crippen molar-refractivity contribution in [3.8, 4) is 0 Å². The third kappa shape index (κ3) is 7.09. The second-order valence-electron chi connectivity index (χ2n) is 4.05. The van der Waals surface area contributed by atoms with Crippen molar-refractivity contribution < 1.29 is 29.1 Å². The van der Waals surface area contributed by atoms with Crippen LogP contribution < -0.4 is 5.31 Å². The van der Waals surface area contributed by atoms with Gasteiger partial charge in [-0.05, 0) is 33.0 Å². The molecule has 0 aliphatic rings. The minimum absolute atomic E-state index is 0.518. The van der Waals surface area contributed by atoms with Crippen molar-refractivity contribution in [1.82, 2.24) is 5.31 Å². The maximum atomic E-state index is 11.9. The topological polar surface area (TPSA) is 75.6 Å². The fraction of sp³-hybridized carbons (Fsp3) is 0.818. The summed E-state index contributed by atoms with van der Waals surface area (Å²) in [5, 5.41) is 8.71. The highest BCUT2D eigenvalue weighted by Crippen LogP contribution is 2.09. The molecule has 0 aliphatic heterocycles. The minimum Gasteiger partial charge on any atom is -0.480 e. The van der Waals surface area contributed by atoms with E-state index in [1.165, 1.54) is 20.8 Å². The highest BCUT2D eigenvalue weighted by atomic mass is 16.6. The van der Waals surface area contributed by atoms with Gasteiger partial charge in [0.2, 0.25) is 0 Å². The lowest BCUT2D eigenvalue weighted by molar-refractivity contribution is -0.139. The average molecular weight is 238 g/mol. The molecule has 0 fully saturated rings. The standard InChI is InChI=1S/C11H21NO4/c1-7(2)6-8(9(13)14)12-10(15)16-11(3,4)5/h7-8H,6H2,1-5H3,(H,12,15)(H,13,14)/t8-/m0/s1/i1D2,6D2,7D,8D/hD/t7?,8-. The number of alkyl carbamates (subject to hydrolysis) is 1. The van der Waals surface area contributed by atoms with Gasteiger partial charge in [0, 0.05) is 6.85 Å². The third-order valence-corrected chi connectivity index (χ3v) is 1.11. The van der Waals surface area contributed by atoms with Crippen LogP contribution in [0, 0.1) is 5.89 Å². The molecule has 94 valence electrons. The summed E-state index contributed by atoms with van der Waals surface area (Å²) in [7, 11) is 0. The predicted molar refractivity (Wildman–Crippen MR) is 60.2 cm³/mol. The quantitative estimate of drug-likeness (QED) is 0.785. The first kappa shape index (κ1) is 6.47. The number of ether oxygens (including phenoxy) is 1. The highest BCUT2D eigenvalue weighted by Gasteiger charge is 2.24. The van der Waals surface area contributed by atoms with Gasteiger partial charge in [-0.3, -0.25) is 0 Å². The number of hydrogen-bond donors (Lipinski definition) is 2. The summed E-state index contributed by atoms with van der Waals surface area (Å²) in [6.45, 7) is 2.87. The summed E-state index contributed by atoms with van der Waals surface area (Å²) in [4.78, 5) is 23.3. The Balaban J connectivity index is 6.03. The van der Waals surface area contributed by atoms with Crippen molar-refractivity contribution in [3.63, 3.8) is 0 Å². The molecule has 0 aromatic rings. The van der Waals surface area contributed by atoms with Gasteiger partial charge in [0.25, 0.3) is 0 Å². The van der Waals surface area contributed by atoms with Gasteiger partial charge in [-0.1, -0.05) is 13.8 Å². The lowest BCUT2D eigenvalue weighted by atomic mass is 10.0. The van der Waals surface area contributed by atoms with Crippen molar-refractivity contribution in [3.05, 3.63) is 0 Å². The van der Waals surface area contributed by atoms with Crippen LogP contribution in [-0.2, 0) is 9.53 Å². The average Bonchev–Trinajstić information content (AvgIpc) is 2.33. The van der Waals surface area contributed by atoms with E-state index in [4.69, 9.17) is 14.4 Å². The summed E-state index contributed by atoms with van der Waals surface area (Å²) in [6.07, 6.45) is -5.03. The first-order valence-electron chi connectivity index (χ1n) is 8.13. The number of carboxylic acids is 1. The van der Waals surface area contributed by atoms with Crippen molar-refractivity contribution in [2.75, 3.05) is 0 Å². The Kier molecular flexibility index (Phi) is 2.31. The number of amides is 1. The van der Waals surface area contributed by atoms with Gasteiger partial charge in [-0.25, -0.2) is 9.59 Å². The van der Waals surface area contributed by atoms with Crippen molar-refractivity contribution in [2.24, 2.45) is 5.89 Å². The van der Waals surface area contributed by atoms with E-state index in [1.807, 2.05) is 0 Å². The van der Waals surface area contributed by atoms with Crippen molar-refractivity contribution >= 4 is 12.1 Å². The van der Waals surface area contributed by atoms with Crippen LogP contribution in [0.1, 0.15) is 49.2 Å². The van der Waals surface area contributed by atoms with E-state index in [9.17, 15) is 14.7 Å². The number of hydrogen-bond acceptors (Lipinski definition) is 3. The number of carboxylic acid groups (broad SMARTS) is 1. The Labute approximate surface area is 106 Å². The Morgan fingerprint density at radius 1 is 1.69 bits per heavy atom. The molecule has 2 N–H and O–H groups in total. The summed E-state index contributed by atoms with van der Waals surface area (Å²) < 4.78 is 58.0. The van der Waals surface area contributed by atoms with E-state index in [1.54, 1.807) is 0 Å². The second-order valence-corrected chi connectivity index (χ2v) is 4.05. The minimum atomic E-state index is -3.59. The molecule has 0 saturated carbocycles. The highest BCUT2D eigenvalue weighted by molar-refractivity contribution is 5.79. The molecule has 0 heterocycles. The van der Waals surface area contributed by atoms with E-state index in [0.29, 0.717) is 0 Å². The zero-order valence-corrected chi connectivity index (χ0v) is 9.70. The molecule has 0 aromatic heterocycles. The number of aliphatic carboxylic acids is 1. The molecule has 0 spiro atoms. The van der Waals surface area contributed by atoms with Crippen LogP contribution in [-0.4, -0.2) is 28.8 Å². The van der Waals surface area contributed by atoms with Crippen LogP contribution in [0.4, 0.5) is 4.79 Å². The monoisotopic (exact) mass is 238 g/mol. The molecule has 5 heteroatoms. The molecule has 16 heavy (non-hydrogen) atoms. The van der Waals surface area contributed by atoms with E-state index in [-0.39, 0.29) is 0 Å². The van der Waals surface area contributed by atoms with E-state index < -0.39 is 48.1 Å². The van der Waals surface area contributed by atoms with Crippen LogP contribution in [0.3, 0.4) is 0 Å². The van der Waals surface area contributed by atoms with Gasteiger partial charge >= 0.3 is 12.1 Å². The second kappa shape index (κ2) is 5.72. The summed E-state index contributed by atoms with van der Waals surface area (Å²) in [5.41, 5.74) is -1.12. The third-order valence-electron chi connectivity index (χ3n) is 1.11. The van der Waals surface area contributed by atoms with E-state index >= 15 is 0 Å². The molecule has 0 saturated heterocycles. The molecular weight excluding hydrogens is 210 g/mol. The van der Waals surface area contributed by atoms with E-state index in [0.717, 1.165) is 6.92 Å². The van der Waals surface area contributed by atoms with Gasteiger partial charge in [0.1, 0.15) is 11.6 Å². The predicted octanol–water partition coefficient (Wildman–Crippen LogP) is 2.01. The fourth-order valence-electron chi connectivity index (χ4n) is 0.692. The zero-order chi connectivity index (χ0) is 19.0. The fourth-order valence-corrected chi connectivity index (χ4v) is 0.692. The smallest absolute Gasteiger partial charge is 0.408 e.